The smallest absolute Gasteiger partial charge is 0.326 e. The molecule has 1 amide bonds. The minimum atomic E-state index is -1.01. The summed E-state index contributed by atoms with van der Waals surface area (Å²) in [6.07, 6.45) is 2.53. The van der Waals surface area contributed by atoms with Crippen LogP contribution < -0.4 is 5.32 Å². The topological polar surface area (TPSA) is 66.4 Å². The second kappa shape index (κ2) is 5.68. The third-order valence-electron chi connectivity index (χ3n) is 2.26. The van der Waals surface area contributed by atoms with Crippen LogP contribution in [0.1, 0.15) is 41.0 Å². The van der Waals surface area contributed by atoms with E-state index in [0.717, 1.165) is 6.42 Å². The second-order valence-corrected chi connectivity index (χ2v) is 4.91. The second-order valence-electron chi connectivity index (χ2n) is 4.91. The predicted octanol–water partition coefficient (Wildman–Crippen LogP) is 1.96. The van der Waals surface area contributed by atoms with E-state index in [4.69, 9.17) is 5.11 Å². The molecule has 1 atom stereocenters. The predicted molar refractivity (Wildman–Crippen MR) is 63.1 cm³/mol. The van der Waals surface area contributed by atoms with Crippen LogP contribution in [0.5, 0.6) is 0 Å². The molecule has 4 nitrogen and oxygen atoms in total. The van der Waals surface area contributed by atoms with Crippen molar-refractivity contribution in [3.8, 4) is 0 Å². The van der Waals surface area contributed by atoms with E-state index in [1.54, 1.807) is 33.8 Å². The number of amides is 1. The van der Waals surface area contributed by atoms with E-state index in [-0.39, 0.29) is 5.91 Å². The summed E-state index contributed by atoms with van der Waals surface area (Å²) in [5.74, 6) is -1.32. The third-order valence-corrected chi connectivity index (χ3v) is 2.26. The van der Waals surface area contributed by atoms with Crippen molar-refractivity contribution in [3.63, 3.8) is 0 Å². The van der Waals surface area contributed by atoms with Gasteiger partial charge < -0.3 is 10.4 Å². The molecule has 92 valence electrons. The molecule has 0 rings (SSSR count). The lowest BCUT2D eigenvalue weighted by Crippen LogP contribution is -2.49. The van der Waals surface area contributed by atoms with Crippen molar-refractivity contribution in [2.45, 2.75) is 47.1 Å². The fraction of sp³-hybridized carbons (Fsp3) is 0.667. The van der Waals surface area contributed by atoms with E-state index in [2.05, 4.69) is 5.32 Å². The molecule has 0 saturated heterocycles. The third kappa shape index (κ3) is 4.47. The van der Waals surface area contributed by atoms with Gasteiger partial charge in [-0.05, 0) is 18.8 Å². The average molecular weight is 227 g/mol. The lowest BCUT2D eigenvalue weighted by molar-refractivity contribution is -0.144. The van der Waals surface area contributed by atoms with Gasteiger partial charge in [-0.15, -0.1) is 0 Å². The van der Waals surface area contributed by atoms with E-state index in [1.165, 1.54) is 0 Å². The van der Waals surface area contributed by atoms with Crippen LogP contribution in [-0.2, 0) is 9.59 Å². The molecule has 0 aromatic heterocycles. The van der Waals surface area contributed by atoms with Gasteiger partial charge in [-0.1, -0.05) is 33.8 Å². The summed E-state index contributed by atoms with van der Waals surface area (Å²) < 4.78 is 0. The van der Waals surface area contributed by atoms with Gasteiger partial charge in [0.25, 0.3) is 0 Å². The van der Waals surface area contributed by atoms with Gasteiger partial charge in [-0.3, -0.25) is 4.79 Å². The number of hydrogen-bond acceptors (Lipinski definition) is 2. The SMILES string of the molecule is CC/C=C(/C)C(=O)N[C@@H](C(=O)O)C(C)(C)C. The van der Waals surface area contributed by atoms with E-state index in [1.807, 2.05) is 6.92 Å². The molecule has 0 saturated carbocycles. The fourth-order valence-corrected chi connectivity index (χ4v) is 1.29. The van der Waals surface area contributed by atoms with Gasteiger partial charge in [0.15, 0.2) is 0 Å². The van der Waals surface area contributed by atoms with Crippen LogP contribution in [0, 0.1) is 5.41 Å². The molecular weight excluding hydrogens is 206 g/mol. The summed E-state index contributed by atoms with van der Waals surface area (Å²) >= 11 is 0. The fourth-order valence-electron chi connectivity index (χ4n) is 1.29. The van der Waals surface area contributed by atoms with Crippen molar-refractivity contribution in [2.75, 3.05) is 0 Å². The van der Waals surface area contributed by atoms with Gasteiger partial charge in [0.2, 0.25) is 5.91 Å². The standard InChI is InChI=1S/C12H21NO3/c1-6-7-8(2)10(14)13-9(11(15)16)12(3,4)5/h7,9H,6H2,1-5H3,(H,13,14)(H,15,16)/b8-7-/t9-/m0/s1. The van der Waals surface area contributed by atoms with E-state index < -0.39 is 17.4 Å². The molecule has 16 heavy (non-hydrogen) atoms. The van der Waals surface area contributed by atoms with Gasteiger partial charge in [-0.2, -0.15) is 0 Å². The molecule has 0 bridgehead atoms. The van der Waals surface area contributed by atoms with Crippen molar-refractivity contribution in [3.05, 3.63) is 11.6 Å². The highest BCUT2D eigenvalue weighted by atomic mass is 16.4. The van der Waals surface area contributed by atoms with E-state index >= 15 is 0 Å². The molecule has 0 aromatic rings. The van der Waals surface area contributed by atoms with Crippen LogP contribution in [0.25, 0.3) is 0 Å². The summed E-state index contributed by atoms with van der Waals surface area (Å²) in [6.45, 7) is 8.95. The maximum Gasteiger partial charge on any atom is 0.326 e. The molecule has 0 fully saturated rings. The van der Waals surface area contributed by atoms with Gasteiger partial charge in [0.1, 0.15) is 6.04 Å². The Kier molecular flexibility index (Phi) is 5.21. The average Bonchev–Trinajstić information content (AvgIpc) is 2.11. The van der Waals surface area contributed by atoms with Gasteiger partial charge >= 0.3 is 5.97 Å². The number of hydrogen-bond donors (Lipinski definition) is 2. The van der Waals surface area contributed by atoms with Crippen molar-refractivity contribution in [1.29, 1.82) is 0 Å². The molecule has 0 heterocycles. The van der Waals surface area contributed by atoms with Gasteiger partial charge in [0.05, 0.1) is 0 Å². The molecule has 0 radical (unpaired) electrons. The quantitative estimate of drug-likeness (QED) is 0.721. The monoisotopic (exact) mass is 227 g/mol. The molecule has 2 N–H and O–H groups in total. The summed E-state index contributed by atoms with van der Waals surface area (Å²) in [6, 6.07) is -0.875. The summed E-state index contributed by atoms with van der Waals surface area (Å²) in [5, 5.41) is 11.6. The van der Waals surface area contributed by atoms with Crippen molar-refractivity contribution in [1.82, 2.24) is 5.32 Å². The zero-order valence-electron chi connectivity index (χ0n) is 10.6. The number of aliphatic carboxylic acids is 1. The first kappa shape index (κ1) is 14.7. The van der Waals surface area contributed by atoms with Gasteiger partial charge in [-0.25, -0.2) is 4.79 Å². The largest absolute Gasteiger partial charge is 0.480 e. The van der Waals surface area contributed by atoms with Gasteiger partial charge in [0, 0.05) is 5.57 Å². The first-order valence-corrected chi connectivity index (χ1v) is 5.40. The molecular formula is C12H21NO3. The van der Waals surface area contributed by atoms with E-state index in [9.17, 15) is 9.59 Å². The van der Waals surface area contributed by atoms with Crippen molar-refractivity contribution in [2.24, 2.45) is 5.41 Å². The van der Waals surface area contributed by atoms with Crippen molar-refractivity contribution >= 4 is 11.9 Å². The number of rotatable bonds is 4. The summed E-state index contributed by atoms with van der Waals surface area (Å²) in [4.78, 5) is 22.7. The highest BCUT2D eigenvalue weighted by molar-refractivity contribution is 5.95. The Morgan fingerprint density at radius 3 is 2.19 bits per heavy atom. The molecule has 0 aliphatic heterocycles. The first-order chi connectivity index (χ1) is 7.20. The Morgan fingerprint density at radius 2 is 1.88 bits per heavy atom. The Labute approximate surface area is 96.7 Å². The zero-order chi connectivity index (χ0) is 12.9. The van der Waals surface area contributed by atoms with Crippen LogP contribution in [0.15, 0.2) is 11.6 Å². The number of nitrogens with one attached hydrogen (secondary N) is 1. The Morgan fingerprint density at radius 1 is 1.38 bits per heavy atom. The molecule has 0 aliphatic carbocycles. The van der Waals surface area contributed by atoms with Crippen LogP contribution in [0.4, 0.5) is 0 Å². The first-order valence-electron chi connectivity index (χ1n) is 5.40. The molecule has 0 spiro atoms. The molecule has 0 unspecified atom stereocenters. The summed E-state index contributed by atoms with van der Waals surface area (Å²) in [7, 11) is 0. The highest BCUT2D eigenvalue weighted by Gasteiger charge is 2.32. The van der Waals surface area contributed by atoms with Crippen LogP contribution in [0.3, 0.4) is 0 Å². The Bertz CT molecular complexity index is 300. The molecule has 4 heteroatoms. The number of allylic oxidation sites excluding steroid dienone is 1. The normalized spacial score (nSPS) is 14.4. The maximum atomic E-state index is 11.7. The zero-order valence-corrected chi connectivity index (χ0v) is 10.6. The lowest BCUT2D eigenvalue weighted by atomic mass is 9.86. The lowest BCUT2D eigenvalue weighted by Gasteiger charge is -2.27. The molecule has 0 aromatic carbocycles. The molecule has 0 aliphatic rings. The minimum absolute atomic E-state index is 0.316. The van der Waals surface area contributed by atoms with Crippen molar-refractivity contribution < 1.29 is 14.7 Å². The maximum absolute atomic E-state index is 11.7. The van der Waals surface area contributed by atoms with Crippen LogP contribution in [-0.4, -0.2) is 23.0 Å². The van der Waals surface area contributed by atoms with Crippen LogP contribution >= 0.6 is 0 Å². The summed E-state index contributed by atoms with van der Waals surface area (Å²) in [5.41, 5.74) is 0.0477. The van der Waals surface area contributed by atoms with E-state index in [0.29, 0.717) is 5.57 Å². The Balaban J connectivity index is 4.73. The number of carbonyl (C=O) groups excluding carboxylic acids is 1. The van der Waals surface area contributed by atoms with Crippen LogP contribution in [0.2, 0.25) is 0 Å². The number of carbonyl (C=O) groups is 2. The number of carboxylic acid groups (broad SMARTS) is 1. The highest BCUT2D eigenvalue weighted by Crippen LogP contribution is 2.19. The Hall–Kier alpha value is -1.32. The minimum Gasteiger partial charge on any atom is -0.480 e. The number of carboxylic acids is 1.